The molecule has 0 bridgehead atoms. The van der Waals surface area contributed by atoms with Crippen LogP contribution in [0, 0.1) is 6.92 Å². The van der Waals surface area contributed by atoms with Crippen LogP contribution in [0.25, 0.3) is 0 Å². The molecule has 0 aliphatic rings. The number of nitrogens with one attached hydrogen (secondary N) is 1. The number of aryl methyl sites for hydroxylation is 1. The first kappa shape index (κ1) is 13.4. The summed E-state index contributed by atoms with van der Waals surface area (Å²) in [6.07, 6.45) is 0. The number of nitrogens with two attached hydrogens (primary N) is 1. The van der Waals surface area contributed by atoms with Gasteiger partial charge in [-0.15, -0.1) is 0 Å². The number of halogens is 1. The third kappa shape index (κ3) is 3.06. The fourth-order valence-corrected chi connectivity index (χ4v) is 2.02. The number of anilines is 2. The molecule has 0 atom stereocenters. The van der Waals surface area contributed by atoms with Gasteiger partial charge in [0.1, 0.15) is 5.75 Å². The average Bonchev–Trinajstić information content (AvgIpc) is 2.33. The van der Waals surface area contributed by atoms with Gasteiger partial charge in [-0.3, -0.25) is 4.79 Å². The van der Waals surface area contributed by atoms with Gasteiger partial charge in [-0.25, -0.2) is 0 Å². The first-order valence-electron chi connectivity index (χ1n) is 5.63. The summed E-state index contributed by atoms with van der Waals surface area (Å²) in [4.78, 5) is 12.0. The molecule has 19 heavy (non-hydrogen) atoms. The molecule has 0 aromatic heterocycles. The third-order valence-corrected chi connectivity index (χ3v) is 3.34. The van der Waals surface area contributed by atoms with E-state index >= 15 is 0 Å². The predicted octanol–water partition coefficient (Wildman–Crippen LogP) is 3.30. The fraction of sp³-hybridized carbons (Fsp3) is 0.0714. The Bertz CT molecular complexity index is 641. The molecule has 4 N–H and O–H groups in total. The first-order chi connectivity index (χ1) is 8.97. The van der Waals surface area contributed by atoms with E-state index in [1.165, 1.54) is 0 Å². The van der Waals surface area contributed by atoms with Crippen molar-refractivity contribution in [3.63, 3.8) is 0 Å². The van der Waals surface area contributed by atoms with Gasteiger partial charge in [-0.1, -0.05) is 6.07 Å². The summed E-state index contributed by atoms with van der Waals surface area (Å²) < 4.78 is 0.707. The van der Waals surface area contributed by atoms with E-state index in [1.807, 2.05) is 6.92 Å². The molecule has 2 rings (SSSR count). The number of hydrogen-bond donors (Lipinski definition) is 3. The van der Waals surface area contributed by atoms with Crippen molar-refractivity contribution in [3.8, 4) is 5.75 Å². The number of phenols is 1. The second-order valence-corrected chi connectivity index (χ2v) is 5.07. The predicted molar refractivity (Wildman–Crippen MR) is 79.4 cm³/mol. The molecule has 0 heterocycles. The Balaban J connectivity index is 2.23. The highest BCUT2D eigenvalue weighted by Gasteiger charge is 2.11. The molecule has 0 fully saturated rings. The summed E-state index contributed by atoms with van der Waals surface area (Å²) in [5, 5.41) is 12.5. The summed E-state index contributed by atoms with van der Waals surface area (Å²) in [6, 6.07) is 10.0. The first-order valence-corrected chi connectivity index (χ1v) is 6.42. The van der Waals surface area contributed by atoms with Gasteiger partial charge in [0, 0.05) is 15.8 Å². The molecule has 4 nitrogen and oxygen atoms in total. The van der Waals surface area contributed by atoms with Crippen LogP contribution in [0.5, 0.6) is 5.75 Å². The summed E-state index contributed by atoms with van der Waals surface area (Å²) in [6.45, 7) is 1.85. The molecule has 98 valence electrons. The van der Waals surface area contributed by atoms with Crippen LogP contribution >= 0.6 is 15.9 Å². The molecule has 1 amide bonds. The highest BCUT2D eigenvalue weighted by Crippen LogP contribution is 2.25. The number of hydrogen-bond acceptors (Lipinski definition) is 3. The standard InChI is InChI=1S/C14H13BrN2O2/c1-8-2-4-10(13(18)6-8)14(19)17-9-3-5-12(16)11(15)7-9/h2-7,18H,16H2,1H3,(H,17,19). The number of amides is 1. The molecule has 0 saturated carbocycles. The van der Waals surface area contributed by atoms with Crippen LogP contribution in [0.2, 0.25) is 0 Å². The number of aromatic hydroxyl groups is 1. The maximum Gasteiger partial charge on any atom is 0.259 e. The lowest BCUT2D eigenvalue weighted by molar-refractivity contribution is 0.102. The molecule has 2 aromatic rings. The van der Waals surface area contributed by atoms with Crippen molar-refractivity contribution in [2.75, 3.05) is 11.1 Å². The van der Waals surface area contributed by atoms with Gasteiger partial charge < -0.3 is 16.2 Å². The maximum absolute atomic E-state index is 12.0. The van der Waals surface area contributed by atoms with Gasteiger partial charge in [0.05, 0.1) is 5.56 Å². The monoisotopic (exact) mass is 320 g/mol. The highest BCUT2D eigenvalue weighted by atomic mass is 79.9. The summed E-state index contributed by atoms with van der Waals surface area (Å²) in [5.74, 6) is -0.402. The van der Waals surface area contributed by atoms with E-state index in [-0.39, 0.29) is 17.2 Å². The highest BCUT2D eigenvalue weighted by molar-refractivity contribution is 9.10. The molecule has 0 unspecified atom stereocenters. The number of phenolic OH excluding ortho intramolecular Hbond substituents is 1. The van der Waals surface area contributed by atoms with E-state index < -0.39 is 0 Å². The van der Waals surface area contributed by atoms with Crippen LogP contribution in [0.1, 0.15) is 15.9 Å². The van der Waals surface area contributed by atoms with E-state index in [4.69, 9.17) is 5.73 Å². The normalized spacial score (nSPS) is 10.2. The largest absolute Gasteiger partial charge is 0.507 e. The van der Waals surface area contributed by atoms with Crippen molar-refractivity contribution in [1.29, 1.82) is 0 Å². The van der Waals surface area contributed by atoms with Crippen LogP contribution in [-0.4, -0.2) is 11.0 Å². The minimum absolute atomic E-state index is 0.0352. The Morgan fingerprint density at radius 2 is 2.00 bits per heavy atom. The van der Waals surface area contributed by atoms with Crippen molar-refractivity contribution in [1.82, 2.24) is 0 Å². The van der Waals surface area contributed by atoms with E-state index in [0.717, 1.165) is 5.56 Å². The lowest BCUT2D eigenvalue weighted by Crippen LogP contribution is -2.12. The van der Waals surface area contributed by atoms with Crippen LogP contribution in [0.15, 0.2) is 40.9 Å². The zero-order valence-electron chi connectivity index (χ0n) is 10.3. The van der Waals surface area contributed by atoms with E-state index in [1.54, 1.807) is 36.4 Å². The lowest BCUT2D eigenvalue weighted by atomic mass is 10.1. The second kappa shape index (κ2) is 5.32. The zero-order valence-corrected chi connectivity index (χ0v) is 11.9. The van der Waals surface area contributed by atoms with E-state index in [2.05, 4.69) is 21.2 Å². The quantitative estimate of drug-likeness (QED) is 0.743. The number of carbonyl (C=O) groups is 1. The molecule has 5 heteroatoms. The van der Waals surface area contributed by atoms with Crippen LogP contribution < -0.4 is 11.1 Å². The fourth-order valence-electron chi connectivity index (χ4n) is 1.64. The second-order valence-electron chi connectivity index (χ2n) is 4.21. The number of benzene rings is 2. The summed E-state index contributed by atoms with van der Waals surface area (Å²) in [7, 11) is 0. The zero-order chi connectivity index (χ0) is 14.0. The number of nitrogen functional groups attached to an aromatic ring is 1. The summed E-state index contributed by atoms with van der Waals surface area (Å²) in [5.41, 5.74) is 8.00. The van der Waals surface area contributed by atoms with Crippen LogP contribution in [-0.2, 0) is 0 Å². The molecule has 0 radical (unpaired) electrons. The smallest absolute Gasteiger partial charge is 0.259 e. The van der Waals surface area contributed by atoms with Crippen LogP contribution in [0.4, 0.5) is 11.4 Å². The van der Waals surface area contributed by atoms with Crippen molar-refractivity contribution < 1.29 is 9.90 Å². The van der Waals surface area contributed by atoms with Gasteiger partial charge in [-0.2, -0.15) is 0 Å². The maximum atomic E-state index is 12.0. The average molecular weight is 321 g/mol. The van der Waals surface area contributed by atoms with Gasteiger partial charge in [0.25, 0.3) is 5.91 Å². The molecule has 0 aliphatic carbocycles. The number of carbonyl (C=O) groups excluding carboxylic acids is 1. The Morgan fingerprint density at radius 1 is 1.26 bits per heavy atom. The molecule has 0 saturated heterocycles. The Kier molecular flexibility index (Phi) is 3.76. The van der Waals surface area contributed by atoms with Crippen molar-refractivity contribution in [2.45, 2.75) is 6.92 Å². The molecular formula is C14H13BrN2O2. The van der Waals surface area contributed by atoms with Gasteiger partial charge in [0.2, 0.25) is 0 Å². The number of rotatable bonds is 2. The Labute approximate surface area is 119 Å². The van der Waals surface area contributed by atoms with Gasteiger partial charge in [-0.05, 0) is 58.7 Å². The minimum atomic E-state index is -0.367. The van der Waals surface area contributed by atoms with Gasteiger partial charge >= 0.3 is 0 Å². The lowest BCUT2D eigenvalue weighted by Gasteiger charge is -2.08. The van der Waals surface area contributed by atoms with Crippen molar-refractivity contribution >= 4 is 33.2 Å². The summed E-state index contributed by atoms with van der Waals surface area (Å²) >= 11 is 3.29. The van der Waals surface area contributed by atoms with Crippen molar-refractivity contribution in [2.24, 2.45) is 0 Å². The van der Waals surface area contributed by atoms with Gasteiger partial charge in [0.15, 0.2) is 0 Å². The van der Waals surface area contributed by atoms with E-state index in [0.29, 0.717) is 15.8 Å². The Hall–Kier alpha value is -2.01. The topological polar surface area (TPSA) is 75.4 Å². The molecule has 2 aromatic carbocycles. The molecular weight excluding hydrogens is 308 g/mol. The third-order valence-electron chi connectivity index (χ3n) is 2.66. The minimum Gasteiger partial charge on any atom is -0.507 e. The van der Waals surface area contributed by atoms with Crippen molar-refractivity contribution in [3.05, 3.63) is 52.0 Å². The van der Waals surface area contributed by atoms with E-state index in [9.17, 15) is 9.90 Å². The van der Waals surface area contributed by atoms with Crippen LogP contribution in [0.3, 0.4) is 0 Å². The molecule has 0 aliphatic heterocycles. The molecule has 0 spiro atoms. The Morgan fingerprint density at radius 3 is 2.63 bits per heavy atom. The SMILES string of the molecule is Cc1ccc(C(=O)Nc2ccc(N)c(Br)c2)c(O)c1.